The first-order valence-electron chi connectivity index (χ1n) is 5.50. The predicted molar refractivity (Wildman–Crippen MR) is 84.7 cm³/mol. The molecule has 0 saturated heterocycles. The number of halogens is 5. The van der Waals surface area contributed by atoms with E-state index in [0.29, 0.717) is 20.1 Å². The molecule has 0 aliphatic carbocycles. The van der Waals surface area contributed by atoms with E-state index >= 15 is 0 Å². The summed E-state index contributed by atoms with van der Waals surface area (Å²) in [5, 5.41) is 0.753. The SMILES string of the molecule is NNC(c1ccc(Br)c(Cl)c1F)c1c(Cl)cccc1Cl. The topological polar surface area (TPSA) is 38.0 Å². The van der Waals surface area contributed by atoms with E-state index < -0.39 is 11.9 Å². The highest BCUT2D eigenvalue weighted by Crippen LogP contribution is 2.37. The maximum absolute atomic E-state index is 14.3. The third kappa shape index (κ3) is 2.96. The van der Waals surface area contributed by atoms with Crippen LogP contribution in [0.1, 0.15) is 17.2 Å². The molecule has 2 rings (SSSR count). The Balaban J connectivity index is 2.62. The second kappa shape index (κ2) is 6.60. The highest BCUT2D eigenvalue weighted by molar-refractivity contribution is 9.10. The van der Waals surface area contributed by atoms with Crippen LogP contribution in [-0.4, -0.2) is 0 Å². The molecule has 106 valence electrons. The average Bonchev–Trinajstić information content (AvgIpc) is 2.42. The molecule has 0 radical (unpaired) electrons. The summed E-state index contributed by atoms with van der Waals surface area (Å²) in [7, 11) is 0. The number of hydrazine groups is 1. The first kappa shape index (κ1) is 16.0. The van der Waals surface area contributed by atoms with Crippen LogP contribution in [0.25, 0.3) is 0 Å². The number of nitrogens with two attached hydrogens (primary N) is 1. The van der Waals surface area contributed by atoms with Crippen LogP contribution in [0.15, 0.2) is 34.8 Å². The smallest absolute Gasteiger partial charge is 0.148 e. The Morgan fingerprint density at radius 2 is 1.70 bits per heavy atom. The zero-order valence-corrected chi connectivity index (χ0v) is 13.8. The van der Waals surface area contributed by atoms with Crippen molar-refractivity contribution in [1.29, 1.82) is 0 Å². The number of rotatable bonds is 3. The van der Waals surface area contributed by atoms with E-state index in [9.17, 15) is 4.39 Å². The van der Waals surface area contributed by atoms with E-state index in [1.807, 2.05) is 0 Å². The van der Waals surface area contributed by atoms with Gasteiger partial charge in [0.25, 0.3) is 0 Å². The summed E-state index contributed by atoms with van der Waals surface area (Å²) in [6, 6.07) is 7.51. The minimum atomic E-state index is -0.707. The molecule has 0 aliphatic heterocycles. The Morgan fingerprint density at radius 3 is 2.25 bits per heavy atom. The fraction of sp³-hybridized carbons (Fsp3) is 0.0769. The summed E-state index contributed by atoms with van der Waals surface area (Å²) < 4.78 is 14.8. The first-order valence-corrected chi connectivity index (χ1v) is 7.43. The fourth-order valence-electron chi connectivity index (χ4n) is 1.88. The zero-order valence-electron chi connectivity index (χ0n) is 9.93. The number of nitrogens with one attached hydrogen (secondary N) is 1. The molecule has 0 fully saturated rings. The number of hydrogen-bond acceptors (Lipinski definition) is 2. The van der Waals surface area contributed by atoms with Crippen molar-refractivity contribution in [2.45, 2.75) is 6.04 Å². The number of hydrogen-bond donors (Lipinski definition) is 2. The van der Waals surface area contributed by atoms with Crippen molar-refractivity contribution in [3.8, 4) is 0 Å². The zero-order chi connectivity index (χ0) is 14.9. The lowest BCUT2D eigenvalue weighted by Gasteiger charge is -2.20. The molecule has 1 unspecified atom stereocenters. The molecular weight excluding hydrogens is 389 g/mol. The molecule has 0 amide bonds. The summed E-state index contributed by atoms with van der Waals surface area (Å²) >= 11 is 21.3. The fourth-order valence-corrected chi connectivity index (χ4v) is 2.97. The maximum Gasteiger partial charge on any atom is 0.148 e. The molecule has 2 nitrogen and oxygen atoms in total. The van der Waals surface area contributed by atoms with Gasteiger partial charge in [0.05, 0.1) is 11.1 Å². The number of benzene rings is 2. The lowest BCUT2D eigenvalue weighted by Crippen LogP contribution is -2.30. The van der Waals surface area contributed by atoms with Gasteiger partial charge >= 0.3 is 0 Å². The van der Waals surface area contributed by atoms with E-state index in [1.165, 1.54) is 0 Å². The molecule has 0 heterocycles. The van der Waals surface area contributed by atoms with Crippen molar-refractivity contribution in [3.63, 3.8) is 0 Å². The summed E-state index contributed by atoms with van der Waals surface area (Å²) in [4.78, 5) is 0. The average molecular weight is 398 g/mol. The van der Waals surface area contributed by atoms with Gasteiger partial charge in [-0.15, -0.1) is 0 Å². The van der Waals surface area contributed by atoms with Crippen LogP contribution in [0.5, 0.6) is 0 Å². The maximum atomic E-state index is 14.3. The lowest BCUT2D eigenvalue weighted by molar-refractivity contribution is 0.560. The van der Waals surface area contributed by atoms with E-state index in [0.717, 1.165) is 0 Å². The van der Waals surface area contributed by atoms with Crippen molar-refractivity contribution in [2.75, 3.05) is 0 Å². The van der Waals surface area contributed by atoms with Crippen molar-refractivity contribution in [3.05, 3.63) is 66.8 Å². The van der Waals surface area contributed by atoms with Gasteiger partial charge in [-0.1, -0.05) is 46.9 Å². The van der Waals surface area contributed by atoms with Crippen LogP contribution < -0.4 is 11.3 Å². The van der Waals surface area contributed by atoms with Crippen LogP contribution in [0.4, 0.5) is 4.39 Å². The van der Waals surface area contributed by atoms with Crippen LogP contribution >= 0.6 is 50.7 Å². The molecule has 20 heavy (non-hydrogen) atoms. The molecule has 0 saturated carbocycles. The van der Waals surface area contributed by atoms with Crippen LogP contribution in [-0.2, 0) is 0 Å². The summed E-state index contributed by atoms with van der Waals surface area (Å²) in [5.74, 6) is 4.96. The van der Waals surface area contributed by atoms with E-state index in [-0.39, 0.29) is 10.6 Å². The Hall–Kier alpha value is -0.360. The van der Waals surface area contributed by atoms with E-state index in [2.05, 4.69) is 21.4 Å². The molecule has 2 aromatic carbocycles. The molecule has 7 heteroatoms. The van der Waals surface area contributed by atoms with Crippen molar-refractivity contribution in [2.24, 2.45) is 5.84 Å². The van der Waals surface area contributed by atoms with Crippen LogP contribution in [0, 0.1) is 5.82 Å². The van der Waals surface area contributed by atoms with Gasteiger partial charge in [0.1, 0.15) is 5.82 Å². The molecule has 0 aromatic heterocycles. The minimum absolute atomic E-state index is 0.0223. The molecule has 0 bridgehead atoms. The van der Waals surface area contributed by atoms with Crippen LogP contribution in [0.2, 0.25) is 15.1 Å². The predicted octanol–water partition coefficient (Wildman–Crippen LogP) is 5.10. The monoisotopic (exact) mass is 396 g/mol. The highest BCUT2D eigenvalue weighted by atomic mass is 79.9. The summed E-state index contributed by atoms with van der Waals surface area (Å²) in [6.45, 7) is 0. The largest absolute Gasteiger partial charge is 0.271 e. The normalized spacial score (nSPS) is 12.5. The van der Waals surface area contributed by atoms with E-state index in [1.54, 1.807) is 30.3 Å². The Bertz CT molecular complexity index is 632. The summed E-state index contributed by atoms with van der Waals surface area (Å²) in [6.07, 6.45) is 0. The van der Waals surface area contributed by atoms with Gasteiger partial charge < -0.3 is 0 Å². The molecule has 2 aromatic rings. The standard InChI is InChI=1S/C13H9BrCl3FN2/c14-7-5-4-6(12(18)11(7)17)13(20-19)10-8(15)2-1-3-9(10)16/h1-5,13,20H,19H2. The lowest BCUT2D eigenvalue weighted by atomic mass is 9.98. The van der Waals surface area contributed by atoms with Crippen molar-refractivity contribution >= 4 is 50.7 Å². The highest BCUT2D eigenvalue weighted by Gasteiger charge is 2.23. The van der Waals surface area contributed by atoms with Gasteiger partial charge in [-0.25, -0.2) is 9.82 Å². The quantitative estimate of drug-likeness (QED) is 0.429. The second-order valence-corrected chi connectivity index (χ2v) is 6.05. The van der Waals surface area contributed by atoms with Gasteiger partial charge in [0, 0.05) is 25.6 Å². The van der Waals surface area contributed by atoms with Gasteiger partial charge in [-0.2, -0.15) is 0 Å². The summed E-state index contributed by atoms with van der Waals surface area (Å²) in [5.41, 5.74) is 3.28. The van der Waals surface area contributed by atoms with Crippen molar-refractivity contribution < 1.29 is 4.39 Å². The molecule has 0 spiro atoms. The third-order valence-corrected chi connectivity index (χ3v) is 4.75. The van der Waals surface area contributed by atoms with Gasteiger partial charge in [0.15, 0.2) is 0 Å². The van der Waals surface area contributed by atoms with Gasteiger partial charge in [-0.3, -0.25) is 5.84 Å². The second-order valence-electron chi connectivity index (χ2n) is 4.00. The molecule has 1 atom stereocenters. The Kier molecular flexibility index (Phi) is 5.29. The first-order chi connectivity index (χ1) is 9.47. The molecule has 3 N–H and O–H groups in total. The van der Waals surface area contributed by atoms with Gasteiger partial charge in [0.2, 0.25) is 0 Å². The third-order valence-electron chi connectivity index (χ3n) is 2.83. The minimum Gasteiger partial charge on any atom is -0.271 e. The molecular formula is C13H9BrCl3FN2. The van der Waals surface area contributed by atoms with Crippen LogP contribution in [0.3, 0.4) is 0 Å². The van der Waals surface area contributed by atoms with E-state index in [4.69, 9.17) is 40.6 Å². The van der Waals surface area contributed by atoms with Gasteiger partial charge in [-0.05, 0) is 34.1 Å². The Labute approximate surface area is 139 Å². The Morgan fingerprint density at radius 1 is 1.10 bits per heavy atom. The van der Waals surface area contributed by atoms with Crippen molar-refractivity contribution in [1.82, 2.24) is 5.43 Å². The molecule has 0 aliphatic rings.